The quantitative estimate of drug-likeness (QED) is 0.0706. The third-order valence-electron chi connectivity index (χ3n) is 12.6. The molecule has 26 heteroatoms. The monoisotopic (exact) mass is 1090 g/mol. The second-order valence-electron chi connectivity index (χ2n) is 19.2. The number of alkyl halides is 12. The number of piperidine rings is 2. The third kappa shape index (κ3) is 16.1. The molecule has 3 heterocycles. The summed E-state index contributed by atoms with van der Waals surface area (Å²) in [7, 11) is 0. The highest BCUT2D eigenvalue weighted by Crippen LogP contribution is 2.41. The SMILES string of the molecule is CC(C)(C)OC(=O)NNC(=O)NN1CCC(COCc2cc(C(F)(F)F)cc(C(F)(F)F)c2)(c2ccccc2)CC1.O=c1[nH]ncn1N1CCC(COCc2cc(C(F)(F)F)cc(C(F)(F)F)c2)(c2ccccc2)CC1. The van der Waals surface area contributed by atoms with Crippen LogP contribution in [0.2, 0.25) is 0 Å². The number of aromatic nitrogens is 3. The second kappa shape index (κ2) is 23.6. The van der Waals surface area contributed by atoms with Crippen molar-refractivity contribution in [3.63, 3.8) is 0 Å². The van der Waals surface area contributed by atoms with Crippen LogP contribution >= 0.6 is 0 Å². The van der Waals surface area contributed by atoms with Crippen molar-refractivity contribution in [2.24, 2.45) is 0 Å². The van der Waals surface area contributed by atoms with Crippen LogP contribution in [0.3, 0.4) is 0 Å². The molecule has 2 saturated heterocycles. The van der Waals surface area contributed by atoms with Gasteiger partial charge in [-0.1, -0.05) is 60.7 Å². The molecule has 414 valence electrons. The standard InChI is InChI=1S/C27H32F6N4O4.C23H22F6N4O2/c1-24(2,3)41-23(39)35-34-22(38)36-37-11-9-25(10-12-37,19-7-5-4-6-8-19)17-40-16-18-13-20(26(28,29)30)15-21(14-18)27(31,32)33;24-22(25,26)18-10-16(11-19(12-18)23(27,28)29)13-35-14-21(17-4-2-1-3-5-17)6-8-32(9-7-21)33-15-30-31-20(33)34/h4-8,13-15H,9-12,16-17H2,1-3H3,(H,35,39)(H2,34,36,38);1-5,10-12,15H,6-9,13-14H2,(H,31,34). The van der Waals surface area contributed by atoms with Crippen molar-refractivity contribution in [3.8, 4) is 0 Å². The molecule has 2 aliphatic rings. The van der Waals surface area contributed by atoms with E-state index in [2.05, 4.69) is 26.5 Å². The Hall–Kier alpha value is -6.80. The molecule has 4 aromatic carbocycles. The van der Waals surface area contributed by atoms with E-state index < -0.39 is 88.7 Å². The van der Waals surface area contributed by atoms with Crippen molar-refractivity contribution in [3.05, 3.63) is 158 Å². The molecule has 0 bridgehead atoms. The fourth-order valence-electron chi connectivity index (χ4n) is 8.76. The lowest BCUT2D eigenvalue weighted by molar-refractivity contribution is -0.144. The number of benzene rings is 4. The van der Waals surface area contributed by atoms with Crippen LogP contribution in [0.5, 0.6) is 0 Å². The summed E-state index contributed by atoms with van der Waals surface area (Å²) in [5.41, 5.74) is 0.483. The normalized spacial score (nSPS) is 16.3. The molecule has 0 unspecified atom stereocenters. The van der Waals surface area contributed by atoms with Crippen molar-refractivity contribution in [2.75, 3.05) is 44.4 Å². The number of rotatable bonds is 12. The first kappa shape index (κ1) is 58.5. The maximum absolute atomic E-state index is 13.2. The van der Waals surface area contributed by atoms with Gasteiger partial charge in [0.2, 0.25) is 0 Å². The molecule has 7 rings (SSSR count). The molecule has 3 amide bonds. The summed E-state index contributed by atoms with van der Waals surface area (Å²) in [6, 6.07) is 20.7. The predicted octanol–water partition coefficient (Wildman–Crippen LogP) is 10.4. The molecule has 1 aromatic heterocycles. The summed E-state index contributed by atoms with van der Waals surface area (Å²) in [4.78, 5) is 35.8. The summed E-state index contributed by atoms with van der Waals surface area (Å²) in [5.74, 6) is 0. The van der Waals surface area contributed by atoms with E-state index in [1.54, 1.807) is 25.8 Å². The fourth-order valence-corrected chi connectivity index (χ4v) is 8.76. The van der Waals surface area contributed by atoms with Crippen LogP contribution in [0, 0.1) is 0 Å². The number of nitrogens with zero attached hydrogens (tertiary/aromatic N) is 4. The van der Waals surface area contributed by atoms with Crippen LogP contribution in [-0.2, 0) is 63.0 Å². The number of hydrazine groups is 2. The zero-order chi connectivity index (χ0) is 55.7. The van der Waals surface area contributed by atoms with Crippen molar-refractivity contribution < 1.29 is 76.5 Å². The van der Waals surface area contributed by atoms with E-state index in [9.17, 15) is 67.1 Å². The lowest BCUT2D eigenvalue weighted by Crippen LogP contribution is -2.56. The average Bonchev–Trinajstić information content (AvgIpc) is 3.78. The van der Waals surface area contributed by atoms with Gasteiger partial charge >= 0.3 is 42.5 Å². The highest BCUT2D eigenvalue weighted by atomic mass is 19.4. The Balaban J connectivity index is 0.000000249. The van der Waals surface area contributed by atoms with Crippen molar-refractivity contribution in [2.45, 2.75) is 101 Å². The van der Waals surface area contributed by atoms with Crippen LogP contribution in [-0.4, -0.2) is 77.0 Å². The third-order valence-corrected chi connectivity index (χ3v) is 12.6. The van der Waals surface area contributed by atoms with Gasteiger partial charge in [0, 0.05) is 37.0 Å². The number of hydrogen-bond donors (Lipinski definition) is 4. The summed E-state index contributed by atoms with van der Waals surface area (Å²) in [6.45, 7) is 5.89. The van der Waals surface area contributed by atoms with Gasteiger partial charge in [0.25, 0.3) is 0 Å². The number of carbonyl (C=O) groups is 2. The van der Waals surface area contributed by atoms with Gasteiger partial charge in [-0.15, -0.1) is 0 Å². The van der Waals surface area contributed by atoms with Gasteiger partial charge in [0.1, 0.15) is 11.9 Å². The molecule has 0 radical (unpaired) electrons. The molecule has 0 atom stereocenters. The number of H-pyrrole nitrogens is 1. The average molecular weight is 1090 g/mol. The Bertz CT molecular complexity index is 2700. The molecule has 0 aliphatic carbocycles. The molecule has 0 saturated carbocycles. The Morgan fingerprint density at radius 3 is 1.34 bits per heavy atom. The van der Waals surface area contributed by atoms with Crippen LogP contribution in [0.4, 0.5) is 62.3 Å². The fraction of sp³-hybridized carbons (Fsp3) is 0.440. The Morgan fingerprint density at radius 1 is 0.592 bits per heavy atom. The summed E-state index contributed by atoms with van der Waals surface area (Å²) < 4.78 is 176. The Kier molecular flexibility index (Phi) is 18.2. The summed E-state index contributed by atoms with van der Waals surface area (Å²) in [6.07, 6.45) is -17.2. The smallest absolute Gasteiger partial charge is 0.426 e. The van der Waals surface area contributed by atoms with Crippen LogP contribution in [0.15, 0.2) is 108 Å². The van der Waals surface area contributed by atoms with Crippen molar-refractivity contribution in [1.82, 2.24) is 36.2 Å². The molecule has 2 fully saturated rings. The van der Waals surface area contributed by atoms with Crippen LogP contribution in [0.1, 0.15) is 91.0 Å². The number of nitrogens with one attached hydrogen (secondary N) is 4. The maximum atomic E-state index is 13.2. The Labute approximate surface area is 427 Å². The van der Waals surface area contributed by atoms with Crippen molar-refractivity contribution >= 4 is 12.1 Å². The van der Waals surface area contributed by atoms with E-state index in [1.807, 2.05) is 65.7 Å². The van der Waals surface area contributed by atoms with Crippen molar-refractivity contribution in [1.29, 1.82) is 0 Å². The molecule has 4 N–H and O–H groups in total. The van der Waals surface area contributed by atoms with Gasteiger partial charge in [0.15, 0.2) is 0 Å². The van der Waals surface area contributed by atoms with Gasteiger partial charge in [-0.25, -0.2) is 35.3 Å². The first-order valence-corrected chi connectivity index (χ1v) is 23.5. The summed E-state index contributed by atoms with van der Waals surface area (Å²) >= 11 is 0. The zero-order valence-corrected chi connectivity index (χ0v) is 41.1. The highest BCUT2D eigenvalue weighted by molar-refractivity contribution is 5.77. The lowest BCUT2D eigenvalue weighted by Gasteiger charge is -2.42. The van der Waals surface area contributed by atoms with Gasteiger partial charge in [0.05, 0.1) is 48.7 Å². The van der Waals surface area contributed by atoms with E-state index in [0.717, 1.165) is 11.1 Å². The Morgan fingerprint density at radius 2 is 0.987 bits per heavy atom. The first-order valence-electron chi connectivity index (χ1n) is 23.5. The number of halogens is 12. The minimum Gasteiger partial charge on any atom is -0.443 e. The minimum absolute atomic E-state index is 0.0227. The van der Waals surface area contributed by atoms with Gasteiger partial charge < -0.3 is 19.2 Å². The number of amides is 3. The van der Waals surface area contributed by atoms with E-state index in [0.29, 0.717) is 76.1 Å². The molecule has 76 heavy (non-hydrogen) atoms. The number of hydrogen-bond acceptors (Lipinski definition) is 9. The lowest BCUT2D eigenvalue weighted by atomic mass is 9.73. The van der Waals surface area contributed by atoms with E-state index in [4.69, 9.17) is 14.2 Å². The molecular formula is C50H54F12N8O6. The predicted molar refractivity (Wildman–Crippen MR) is 250 cm³/mol. The topological polar surface area (TPSA) is 155 Å². The van der Waals surface area contributed by atoms with Gasteiger partial charge in [-0.3, -0.25) is 5.43 Å². The molecular weight excluding hydrogens is 1040 g/mol. The number of ether oxygens (including phenoxy) is 3. The number of aromatic amines is 1. The number of carbonyl (C=O) groups excluding carboxylic acids is 2. The first-order chi connectivity index (χ1) is 35.4. The second-order valence-corrected chi connectivity index (χ2v) is 19.2. The maximum Gasteiger partial charge on any atom is 0.426 e. The van der Waals surface area contributed by atoms with Crippen LogP contribution < -0.4 is 27.0 Å². The zero-order valence-electron chi connectivity index (χ0n) is 41.1. The van der Waals surface area contributed by atoms with E-state index >= 15 is 0 Å². The molecule has 14 nitrogen and oxygen atoms in total. The summed E-state index contributed by atoms with van der Waals surface area (Å²) in [5, 5.41) is 9.49. The number of urea groups is 1. The van der Waals surface area contributed by atoms with E-state index in [1.165, 1.54) is 11.0 Å². The van der Waals surface area contributed by atoms with Crippen LogP contribution in [0.25, 0.3) is 0 Å². The van der Waals surface area contributed by atoms with Gasteiger partial charge in [-0.05, 0) is 105 Å². The molecule has 0 spiro atoms. The molecule has 5 aromatic rings. The van der Waals surface area contributed by atoms with Gasteiger partial charge in [-0.2, -0.15) is 62.5 Å². The largest absolute Gasteiger partial charge is 0.443 e. The molecule has 2 aliphatic heterocycles. The van der Waals surface area contributed by atoms with E-state index in [-0.39, 0.29) is 42.2 Å². The highest BCUT2D eigenvalue weighted by Gasteiger charge is 2.41. The minimum atomic E-state index is -4.95.